The zero-order chi connectivity index (χ0) is 17.8. The van der Waals surface area contributed by atoms with Crippen molar-refractivity contribution in [1.29, 1.82) is 0 Å². The van der Waals surface area contributed by atoms with Crippen LogP contribution in [0, 0.1) is 0 Å². The Bertz CT molecular complexity index is 990. The molecule has 26 heavy (non-hydrogen) atoms. The second kappa shape index (κ2) is 7.63. The number of amides is 1. The van der Waals surface area contributed by atoms with Gasteiger partial charge in [0.1, 0.15) is 10.7 Å². The molecule has 3 heterocycles. The van der Waals surface area contributed by atoms with Crippen LogP contribution in [0.1, 0.15) is 15.4 Å². The van der Waals surface area contributed by atoms with E-state index in [-0.39, 0.29) is 5.91 Å². The molecule has 4 aromatic rings. The highest BCUT2D eigenvalue weighted by Crippen LogP contribution is 2.24. The highest BCUT2D eigenvalue weighted by molar-refractivity contribution is 7.13. The molecule has 0 bridgehead atoms. The lowest BCUT2D eigenvalue weighted by Gasteiger charge is -2.01. The number of nitrogens with one attached hydrogen (secondary N) is 1. The van der Waals surface area contributed by atoms with E-state index >= 15 is 0 Å². The number of benzene rings is 1. The summed E-state index contributed by atoms with van der Waals surface area (Å²) in [6.45, 7) is 0.609. The van der Waals surface area contributed by atoms with Crippen molar-refractivity contribution < 1.29 is 4.79 Å². The van der Waals surface area contributed by atoms with Crippen LogP contribution >= 0.6 is 22.7 Å². The van der Waals surface area contributed by atoms with Crippen LogP contribution in [0.25, 0.3) is 16.3 Å². The number of hydrogen-bond acceptors (Lipinski definition) is 5. The maximum absolute atomic E-state index is 12.3. The molecule has 0 radical (unpaired) electrons. The molecular formula is C19H16N4OS2. The van der Waals surface area contributed by atoms with Crippen molar-refractivity contribution in [3.8, 4) is 16.3 Å². The Labute approximate surface area is 159 Å². The summed E-state index contributed by atoms with van der Waals surface area (Å²) in [4.78, 5) is 18.0. The number of thiazole rings is 1. The summed E-state index contributed by atoms with van der Waals surface area (Å²) < 4.78 is 1.80. The summed E-state index contributed by atoms with van der Waals surface area (Å²) in [6.07, 6.45) is 4.53. The standard InChI is InChI=1S/C19H16N4OS2/c24-18(20-9-8-16-7-4-10-25-16)17-13-26-19(22-17)14-11-21-23(12-14)15-5-2-1-3-6-15/h1-7,10-13H,8-9H2,(H,20,24). The topological polar surface area (TPSA) is 59.8 Å². The van der Waals surface area contributed by atoms with Gasteiger partial charge in [-0.1, -0.05) is 24.3 Å². The monoisotopic (exact) mass is 380 g/mol. The van der Waals surface area contributed by atoms with Crippen molar-refractivity contribution in [2.75, 3.05) is 6.54 Å². The number of para-hydroxylation sites is 1. The molecule has 5 nitrogen and oxygen atoms in total. The molecule has 0 spiro atoms. The Balaban J connectivity index is 1.41. The van der Waals surface area contributed by atoms with E-state index in [1.165, 1.54) is 16.2 Å². The maximum Gasteiger partial charge on any atom is 0.270 e. The smallest absolute Gasteiger partial charge is 0.270 e. The molecule has 130 valence electrons. The zero-order valence-electron chi connectivity index (χ0n) is 13.8. The average molecular weight is 380 g/mol. The molecular weight excluding hydrogens is 364 g/mol. The Morgan fingerprint density at radius 2 is 2.00 bits per heavy atom. The number of aromatic nitrogens is 3. The molecule has 0 saturated heterocycles. The van der Waals surface area contributed by atoms with Gasteiger partial charge in [-0.25, -0.2) is 9.67 Å². The highest BCUT2D eigenvalue weighted by atomic mass is 32.1. The van der Waals surface area contributed by atoms with Crippen molar-refractivity contribution in [3.05, 3.63) is 76.2 Å². The fourth-order valence-corrected chi connectivity index (χ4v) is 3.99. The first-order valence-corrected chi connectivity index (χ1v) is 9.92. The lowest BCUT2D eigenvalue weighted by atomic mass is 10.3. The molecule has 0 aliphatic heterocycles. The van der Waals surface area contributed by atoms with Crippen LogP contribution < -0.4 is 5.32 Å². The molecule has 4 rings (SSSR count). The summed E-state index contributed by atoms with van der Waals surface area (Å²) in [6, 6.07) is 14.0. The average Bonchev–Trinajstić information content (AvgIpc) is 3.42. The molecule has 7 heteroatoms. The van der Waals surface area contributed by atoms with E-state index < -0.39 is 0 Å². The minimum atomic E-state index is -0.139. The Kier molecular flexibility index (Phi) is 4.90. The molecule has 0 fully saturated rings. The molecule has 3 aromatic heterocycles. The summed E-state index contributed by atoms with van der Waals surface area (Å²) in [5, 5.41) is 11.9. The predicted molar refractivity (Wildman–Crippen MR) is 105 cm³/mol. The fraction of sp³-hybridized carbons (Fsp3) is 0.105. The molecule has 0 atom stereocenters. The van der Waals surface area contributed by atoms with Crippen molar-refractivity contribution in [2.45, 2.75) is 6.42 Å². The number of rotatable bonds is 6. The van der Waals surface area contributed by atoms with E-state index in [0.717, 1.165) is 22.7 Å². The Morgan fingerprint density at radius 1 is 1.12 bits per heavy atom. The normalized spacial score (nSPS) is 10.8. The molecule has 1 aromatic carbocycles. The quantitative estimate of drug-likeness (QED) is 0.549. The van der Waals surface area contributed by atoms with Gasteiger partial charge in [-0.3, -0.25) is 4.79 Å². The van der Waals surface area contributed by atoms with E-state index in [1.54, 1.807) is 27.6 Å². The fourth-order valence-electron chi connectivity index (χ4n) is 2.51. The van der Waals surface area contributed by atoms with Gasteiger partial charge < -0.3 is 5.32 Å². The summed E-state index contributed by atoms with van der Waals surface area (Å²) in [7, 11) is 0. The van der Waals surface area contributed by atoms with E-state index in [1.807, 2.05) is 48.0 Å². The number of thiophene rings is 1. The van der Waals surface area contributed by atoms with Crippen LogP contribution in [0.15, 0.2) is 65.6 Å². The molecule has 0 aliphatic rings. The highest BCUT2D eigenvalue weighted by Gasteiger charge is 2.13. The van der Waals surface area contributed by atoms with Gasteiger partial charge in [-0.2, -0.15) is 5.10 Å². The van der Waals surface area contributed by atoms with Crippen LogP contribution in [0.4, 0.5) is 0 Å². The second-order valence-electron chi connectivity index (χ2n) is 5.63. The third-order valence-electron chi connectivity index (χ3n) is 3.82. The summed E-state index contributed by atoms with van der Waals surface area (Å²) >= 11 is 3.15. The van der Waals surface area contributed by atoms with Crippen molar-refractivity contribution in [2.24, 2.45) is 0 Å². The molecule has 1 amide bonds. The van der Waals surface area contributed by atoms with E-state index in [9.17, 15) is 4.79 Å². The van der Waals surface area contributed by atoms with Gasteiger partial charge in [0.25, 0.3) is 5.91 Å². The van der Waals surface area contributed by atoms with Gasteiger partial charge in [0.05, 0.1) is 11.9 Å². The van der Waals surface area contributed by atoms with Crippen molar-refractivity contribution >= 4 is 28.6 Å². The number of hydrogen-bond donors (Lipinski definition) is 1. The molecule has 0 aliphatic carbocycles. The Morgan fingerprint density at radius 3 is 2.81 bits per heavy atom. The summed E-state index contributed by atoms with van der Waals surface area (Å²) in [5.74, 6) is -0.139. The molecule has 1 N–H and O–H groups in total. The molecule has 0 saturated carbocycles. The third kappa shape index (κ3) is 3.74. The van der Waals surface area contributed by atoms with Crippen LogP contribution in [0.2, 0.25) is 0 Å². The first kappa shape index (κ1) is 16.7. The number of nitrogens with zero attached hydrogens (tertiary/aromatic N) is 3. The number of carbonyl (C=O) groups is 1. The number of carbonyl (C=O) groups excluding carboxylic acids is 1. The van der Waals surface area contributed by atoms with E-state index in [4.69, 9.17) is 0 Å². The SMILES string of the molecule is O=C(NCCc1cccs1)c1csc(-c2cnn(-c3ccccc3)c2)n1. The minimum Gasteiger partial charge on any atom is -0.350 e. The largest absolute Gasteiger partial charge is 0.350 e. The van der Waals surface area contributed by atoms with Crippen LogP contribution in [-0.2, 0) is 6.42 Å². The Hall–Kier alpha value is -2.77. The predicted octanol–water partition coefficient (Wildman–Crippen LogP) is 4.03. The van der Waals surface area contributed by atoms with E-state index in [0.29, 0.717) is 12.2 Å². The van der Waals surface area contributed by atoms with Gasteiger partial charge in [0.2, 0.25) is 0 Å². The molecule has 0 unspecified atom stereocenters. The zero-order valence-corrected chi connectivity index (χ0v) is 15.5. The van der Waals surface area contributed by atoms with Gasteiger partial charge >= 0.3 is 0 Å². The van der Waals surface area contributed by atoms with Crippen molar-refractivity contribution in [3.63, 3.8) is 0 Å². The first-order valence-electron chi connectivity index (χ1n) is 8.16. The second-order valence-corrected chi connectivity index (χ2v) is 7.52. The van der Waals surface area contributed by atoms with E-state index in [2.05, 4.69) is 21.5 Å². The van der Waals surface area contributed by atoms with Crippen LogP contribution in [0.5, 0.6) is 0 Å². The van der Waals surface area contributed by atoms with Gasteiger partial charge in [0, 0.05) is 28.6 Å². The maximum atomic E-state index is 12.3. The minimum absolute atomic E-state index is 0.139. The third-order valence-corrected chi connectivity index (χ3v) is 5.65. The van der Waals surface area contributed by atoms with Crippen LogP contribution in [-0.4, -0.2) is 27.2 Å². The first-order chi connectivity index (χ1) is 12.8. The van der Waals surface area contributed by atoms with Crippen LogP contribution in [0.3, 0.4) is 0 Å². The lowest BCUT2D eigenvalue weighted by Crippen LogP contribution is -2.25. The van der Waals surface area contributed by atoms with Gasteiger partial charge in [-0.05, 0) is 30.0 Å². The van der Waals surface area contributed by atoms with Gasteiger partial charge in [-0.15, -0.1) is 22.7 Å². The van der Waals surface area contributed by atoms with Crippen molar-refractivity contribution in [1.82, 2.24) is 20.1 Å². The van der Waals surface area contributed by atoms with Gasteiger partial charge in [0.15, 0.2) is 0 Å². The summed E-state index contributed by atoms with van der Waals surface area (Å²) in [5.41, 5.74) is 2.34. The lowest BCUT2D eigenvalue weighted by molar-refractivity contribution is 0.0950.